The topological polar surface area (TPSA) is 87.8 Å². The molecule has 0 saturated heterocycles. The molecule has 0 aliphatic carbocycles. The second-order valence-electron chi connectivity index (χ2n) is 5.12. The second kappa shape index (κ2) is 6.93. The van der Waals surface area contributed by atoms with Gasteiger partial charge in [0.1, 0.15) is 5.52 Å². The van der Waals surface area contributed by atoms with Crippen molar-refractivity contribution in [1.82, 2.24) is 19.9 Å². The zero-order valence-corrected chi connectivity index (χ0v) is 13.2. The molecule has 0 radical (unpaired) electrons. The highest BCUT2D eigenvalue weighted by Gasteiger charge is 2.30. The van der Waals surface area contributed by atoms with E-state index in [0.29, 0.717) is 36.1 Å². The number of aromatic amines is 1. The number of hydrogen-bond acceptors (Lipinski definition) is 6. The van der Waals surface area contributed by atoms with Gasteiger partial charge in [-0.25, -0.2) is 4.98 Å². The first-order valence-electron chi connectivity index (χ1n) is 7.35. The zero-order chi connectivity index (χ0) is 17.9. The van der Waals surface area contributed by atoms with E-state index in [0.717, 1.165) is 12.1 Å². The Kier molecular flexibility index (Phi) is 4.70. The Morgan fingerprint density at radius 1 is 1.24 bits per heavy atom. The summed E-state index contributed by atoms with van der Waals surface area (Å²) in [7, 11) is 1.57. The van der Waals surface area contributed by atoms with E-state index in [1.165, 1.54) is 18.5 Å². The summed E-state index contributed by atoms with van der Waals surface area (Å²) in [6.45, 7) is 0.938. The average Bonchev–Trinajstić information content (AvgIpc) is 3.03. The molecule has 0 atom stereocenters. The Hall–Kier alpha value is -2.88. The molecule has 0 spiro atoms. The number of methoxy groups -OCH3 is 1. The van der Waals surface area contributed by atoms with E-state index in [1.54, 1.807) is 7.11 Å². The van der Waals surface area contributed by atoms with Crippen molar-refractivity contribution >= 4 is 28.6 Å². The van der Waals surface area contributed by atoms with Gasteiger partial charge in [-0.2, -0.15) is 23.1 Å². The number of halogens is 3. The minimum atomic E-state index is -4.42. The van der Waals surface area contributed by atoms with Gasteiger partial charge < -0.3 is 20.4 Å². The van der Waals surface area contributed by atoms with E-state index < -0.39 is 11.7 Å². The van der Waals surface area contributed by atoms with Crippen LogP contribution < -0.4 is 10.6 Å². The van der Waals surface area contributed by atoms with Crippen LogP contribution in [-0.2, 0) is 10.9 Å². The Morgan fingerprint density at radius 2 is 2.08 bits per heavy atom. The molecule has 3 aromatic rings. The number of nitrogens with zero attached hydrogens (tertiary/aromatic N) is 3. The molecular weight excluding hydrogens is 337 g/mol. The van der Waals surface area contributed by atoms with Crippen molar-refractivity contribution in [1.29, 1.82) is 0 Å². The molecule has 10 heteroatoms. The quantitative estimate of drug-likeness (QED) is 0.591. The predicted molar refractivity (Wildman–Crippen MR) is 86.8 cm³/mol. The van der Waals surface area contributed by atoms with E-state index in [9.17, 15) is 13.2 Å². The summed E-state index contributed by atoms with van der Waals surface area (Å²) in [6, 6.07) is 4.88. The highest BCUT2D eigenvalue weighted by atomic mass is 19.4. The number of H-pyrrole nitrogens is 1. The fourth-order valence-electron chi connectivity index (χ4n) is 2.18. The highest BCUT2D eigenvalue weighted by Crippen LogP contribution is 2.32. The summed E-state index contributed by atoms with van der Waals surface area (Å²) in [5.41, 5.74) is 0.400. The van der Waals surface area contributed by atoms with Crippen LogP contribution >= 0.6 is 0 Å². The zero-order valence-electron chi connectivity index (χ0n) is 13.2. The van der Waals surface area contributed by atoms with Gasteiger partial charge in [0.25, 0.3) is 0 Å². The smallest absolute Gasteiger partial charge is 0.383 e. The lowest BCUT2D eigenvalue weighted by Crippen LogP contribution is -2.11. The number of ether oxygens (including phenoxy) is 1. The average molecular weight is 352 g/mol. The number of rotatable bonds is 6. The molecule has 0 aliphatic rings. The normalized spacial score (nSPS) is 11.7. The second-order valence-corrected chi connectivity index (χ2v) is 5.12. The number of imidazole rings is 1. The first-order chi connectivity index (χ1) is 12.0. The Labute approximate surface area is 140 Å². The summed E-state index contributed by atoms with van der Waals surface area (Å²) >= 11 is 0. The number of alkyl halides is 3. The first kappa shape index (κ1) is 17.0. The monoisotopic (exact) mass is 352 g/mol. The molecule has 3 N–H and O–H groups in total. The Balaban J connectivity index is 1.91. The fraction of sp³-hybridized carbons (Fsp3) is 0.267. The number of nitrogens with one attached hydrogen (secondary N) is 3. The van der Waals surface area contributed by atoms with Gasteiger partial charge in [0.05, 0.1) is 18.5 Å². The number of benzene rings is 1. The number of fused-ring (bicyclic) bond motifs is 1. The van der Waals surface area contributed by atoms with Gasteiger partial charge in [-0.05, 0) is 18.2 Å². The summed E-state index contributed by atoms with van der Waals surface area (Å²) in [5.74, 6) is 0.618. The molecule has 0 saturated carbocycles. The molecule has 0 unspecified atom stereocenters. The van der Waals surface area contributed by atoms with E-state index >= 15 is 0 Å². The van der Waals surface area contributed by atoms with Crippen LogP contribution in [0.3, 0.4) is 0 Å². The Morgan fingerprint density at radius 3 is 2.84 bits per heavy atom. The molecule has 25 heavy (non-hydrogen) atoms. The molecular formula is C15H15F3N6O. The van der Waals surface area contributed by atoms with E-state index in [4.69, 9.17) is 4.74 Å². The van der Waals surface area contributed by atoms with Crippen LogP contribution in [0.15, 0.2) is 30.6 Å². The summed E-state index contributed by atoms with van der Waals surface area (Å²) in [6.07, 6.45) is -2.98. The van der Waals surface area contributed by atoms with Crippen LogP contribution in [0, 0.1) is 0 Å². The third-order valence-electron chi connectivity index (χ3n) is 3.33. The van der Waals surface area contributed by atoms with Gasteiger partial charge in [0.2, 0.25) is 5.95 Å². The predicted octanol–water partition coefficient (Wildman–Crippen LogP) is 3.17. The fourth-order valence-corrected chi connectivity index (χ4v) is 2.18. The molecule has 1 aromatic carbocycles. The maximum atomic E-state index is 12.9. The van der Waals surface area contributed by atoms with Crippen LogP contribution in [0.5, 0.6) is 0 Å². The van der Waals surface area contributed by atoms with Gasteiger partial charge in [0.15, 0.2) is 11.5 Å². The maximum Gasteiger partial charge on any atom is 0.416 e. The Bertz CT molecular complexity index is 864. The summed E-state index contributed by atoms with van der Waals surface area (Å²) in [4.78, 5) is 15.5. The lowest BCUT2D eigenvalue weighted by molar-refractivity contribution is -0.137. The van der Waals surface area contributed by atoms with Crippen LogP contribution in [0.1, 0.15) is 5.56 Å². The molecule has 0 aliphatic heterocycles. The van der Waals surface area contributed by atoms with E-state index in [-0.39, 0.29) is 5.69 Å². The van der Waals surface area contributed by atoms with Crippen LogP contribution in [0.25, 0.3) is 11.2 Å². The summed E-state index contributed by atoms with van der Waals surface area (Å²) < 4.78 is 43.5. The first-order valence-corrected chi connectivity index (χ1v) is 7.35. The van der Waals surface area contributed by atoms with Gasteiger partial charge in [-0.3, -0.25) is 0 Å². The lowest BCUT2D eigenvalue weighted by Gasteiger charge is -2.11. The van der Waals surface area contributed by atoms with Crippen molar-refractivity contribution in [3.05, 3.63) is 36.2 Å². The van der Waals surface area contributed by atoms with Gasteiger partial charge in [-0.1, -0.05) is 6.07 Å². The van der Waals surface area contributed by atoms with Crippen LogP contribution in [0.4, 0.5) is 30.6 Å². The molecule has 2 heterocycles. The van der Waals surface area contributed by atoms with Gasteiger partial charge in [-0.15, -0.1) is 0 Å². The van der Waals surface area contributed by atoms with Crippen molar-refractivity contribution in [2.75, 3.05) is 30.9 Å². The van der Waals surface area contributed by atoms with Crippen LogP contribution in [0.2, 0.25) is 0 Å². The molecule has 3 rings (SSSR count). The highest BCUT2D eigenvalue weighted by molar-refractivity contribution is 5.86. The van der Waals surface area contributed by atoms with Crippen molar-refractivity contribution in [3.63, 3.8) is 0 Å². The minimum Gasteiger partial charge on any atom is -0.383 e. The standard InChI is InChI=1S/C15H15F3N6O/c1-25-6-5-19-14-23-12-11(20-8-21-12)13(24-14)22-10-4-2-3-9(7-10)15(16,17)18/h2-4,7-8H,5-6H2,1H3,(H3,19,20,21,22,23,24). The molecule has 0 amide bonds. The van der Waals surface area contributed by atoms with Crippen molar-refractivity contribution < 1.29 is 17.9 Å². The van der Waals surface area contributed by atoms with Gasteiger partial charge >= 0.3 is 6.18 Å². The van der Waals surface area contributed by atoms with E-state index in [2.05, 4.69) is 30.6 Å². The lowest BCUT2D eigenvalue weighted by atomic mass is 10.2. The maximum absolute atomic E-state index is 12.9. The SMILES string of the molecule is COCCNc1nc(Nc2cccc(C(F)(F)F)c2)c2[nH]cnc2n1. The number of aromatic nitrogens is 4. The third kappa shape index (κ3) is 3.97. The molecule has 7 nitrogen and oxygen atoms in total. The van der Waals surface area contributed by atoms with Crippen molar-refractivity contribution in [2.24, 2.45) is 0 Å². The summed E-state index contributed by atoms with van der Waals surface area (Å²) in [5, 5.41) is 5.85. The number of hydrogen-bond donors (Lipinski definition) is 3. The van der Waals surface area contributed by atoms with Crippen molar-refractivity contribution in [3.8, 4) is 0 Å². The molecule has 0 bridgehead atoms. The van der Waals surface area contributed by atoms with Gasteiger partial charge in [0, 0.05) is 19.3 Å². The minimum absolute atomic E-state index is 0.257. The molecule has 0 fully saturated rings. The largest absolute Gasteiger partial charge is 0.416 e. The molecule has 2 aromatic heterocycles. The van der Waals surface area contributed by atoms with E-state index in [1.807, 2.05) is 0 Å². The third-order valence-corrected chi connectivity index (χ3v) is 3.33. The number of anilines is 3. The van der Waals surface area contributed by atoms with Crippen LogP contribution in [-0.4, -0.2) is 40.2 Å². The van der Waals surface area contributed by atoms with Crippen molar-refractivity contribution in [2.45, 2.75) is 6.18 Å². The molecule has 132 valence electrons.